The first-order valence-electron chi connectivity index (χ1n) is 6.01. The summed E-state index contributed by atoms with van der Waals surface area (Å²) in [5.74, 6) is 0.734. The van der Waals surface area contributed by atoms with Crippen LogP contribution in [0.5, 0.6) is 0 Å². The van der Waals surface area contributed by atoms with Crippen molar-refractivity contribution in [3.63, 3.8) is 0 Å². The van der Waals surface area contributed by atoms with Crippen molar-refractivity contribution in [2.24, 2.45) is 5.92 Å². The Morgan fingerprint density at radius 3 is 2.40 bits per heavy atom. The van der Waals surface area contributed by atoms with Gasteiger partial charge in [-0.15, -0.1) is 0 Å². The van der Waals surface area contributed by atoms with Crippen LogP contribution in [0.25, 0.3) is 0 Å². The molecular formula is C14H23N. The number of benzene rings is 1. The molecule has 0 fully saturated rings. The van der Waals surface area contributed by atoms with Gasteiger partial charge in [0.15, 0.2) is 0 Å². The fourth-order valence-corrected chi connectivity index (χ4v) is 1.77. The Kier molecular flexibility index (Phi) is 5.41. The van der Waals surface area contributed by atoms with E-state index in [0.29, 0.717) is 0 Å². The lowest BCUT2D eigenvalue weighted by atomic mass is 9.98. The average Bonchev–Trinajstić information content (AvgIpc) is 2.20. The van der Waals surface area contributed by atoms with Gasteiger partial charge >= 0.3 is 0 Å². The first-order chi connectivity index (χ1) is 7.24. The lowest BCUT2D eigenvalue weighted by molar-refractivity contribution is 0.628. The maximum Gasteiger partial charge on any atom is 0.0208 e. The summed E-state index contributed by atoms with van der Waals surface area (Å²) in [7, 11) is 0. The van der Waals surface area contributed by atoms with Crippen LogP contribution in [0.4, 0.5) is 0 Å². The maximum absolute atomic E-state index is 3.46. The molecule has 1 N–H and O–H groups in total. The van der Waals surface area contributed by atoms with Gasteiger partial charge in [0.05, 0.1) is 0 Å². The molecule has 1 aromatic carbocycles. The highest BCUT2D eigenvalue weighted by molar-refractivity contribution is 5.27. The minimum Gasteiger partial charge on any atom is -0.313 e. The molecule has 1 heteroatoms. The van der Waals surface area contributed by atoms with Crippen LogP contribution < -0.4 is 5.32 Å². The summed E-state index contributed by atoms with van der Waals surface area (Å²) < 4.78 is 0. The summed E-state index contributed by atoms with van der Waals surface area (Å²) in [6.07, 6.45) is 2.39. The van der Waals surface area contributed by atoms with Gasteiger partial charge in [0.2, 0.25) is 0 Å². The molecule has 0 saturated heterocycles. The van der Waals surface area contributed by atoms with Crippen molar-refractivity contribution in [1.82, 2.24) is 5.32 Å². The van der Waals surface area contributed by atoms with E-state index in [1.807, 2.05) is 0 Å². The predicted molar refractivity (Wildman–Crippen MR) is 67.0 cm³/mol. The largest absolute Gasteiger partial charge is 0.313 e. The van der Waals surface area contributed by atoms with E-state index < -0.39 is 0 Å². The number of nitrogens with one attached hydrogen (secondary N) is 1. The molecule has 0 heterocycles. The van der Waals surface area contributed by atoms with Crippen molar-refractivity contribution in [3.05, 3.63) is 35.4 Å². The molecule has 0 aromatic heterocycles. The molecule has 0 aliphatic heterocycles. The third-order valence-corrected chi connectivity index (χ3v) is 2.49. The van der Waals surface area contributed by atoms with Crippen LogP contribution in [0.1, 0.15) is 38.3 Å². The molecule has 1 rings (SSSR count). The molecule has 0 aliphatic carbocycles. The minimum atomic E-state index is 0.734. The van der Waals surface area contributed by atoms with Crippen molar-refractivity contribution in [2.75, 3.05) is 6.54 Å². The molecule has 84 valence electrons. The summed E-state index contributed by atoms with van der Waals surface area (Å²) in [5, 5.41) is 3.46. The van der Waals surface area contributed by atoms with E-state index in [-0.39, 0.29) is 0 Å². The monoisotopic (exact) mass is 205 g/mol. The van der Waals surface area contributed by atoms with Gasteiger partial charge in [-0.2, -0.15) is 0 Å². The normalized spacial score (nSPS) is 10.9. The quantitative estimate of drug-likeness (QED) is 0.702. The van der Waals surface area contributed by atoms with E-state index in [1.165, 1.54) is 24.0 Å². The summed E-state index contributed by atoms with van der Waals surface area (Å²) >= 11 is 0. The summed E-state index contributed by atoms with van der Waals surface area (Å²) in [4.78, 5) is 0. The van der Waals surface area contributed by atoms with Crippen molar-refractivity contribution < 1.29 is 0 Å². The average molecular weight is 205 g/mol. The van der Waals surface area contributed by atoms with Crippen LogP contribution in [0.3, 0.4) is 0 Å². The van der Waals surface area contributed by atoms with Crippen LogP contribution in [-0.4, -0.2) is 6.54 Å². The Hall–Kier alpha value is -0.820. The molecule has 0 spiro atoms. The third kappa shape index (κ3) is 4.48. The SMILES string of the molecule is CCCNCc1ccccc1CC(C)C. The van der Waals surface area contributed by atoms with Crippen molar-refractivity contribution >= 4 is 0 Å². The molecule has 0 saturated carbocycles. The highest BCUT2D eigenvalue weighted by atomic mass is 14.8. The minimum absolute atomic E-state index is 0.734. The molecular weight excluding hydrogens is 182 g/mol. The zero-order valence-electron chi connectivity index (χ0n) is 10.2. The van der Waals surface area contributed by atoms with E-state index in [0.717, 1.165) is 19.0 Å². The highest BCUT2D eigenvalue weighted by Crippen LogP contribution is 2.13. The first kappa shape index (κ1) is 12.3. The second-order valence-electron chi connectivity index (χ2n) is 4.54. The van der Waals surface area contributed by atoms with Gasteiger partial charge in [0, 0.05) is 6.54 Å². The van der Waals surface area contributed by atoms with E-state index in [2.05, 4.69) is 50.4 Å². The standard InChI is InChI=1S/C14H23N/c1-4-9-15-11-14-8-6-5-7-13(14)10-12(2)3/h5-8,12,15H,4,9-11H2,1-3H3. The van der Waals surface area contributed by atoms with Crippen molar-refractivity contribution in [1.29, 1.82) is 0 Å². The van der Waals surface area contributed by atoms with Gasteiger partial charge in [-0.3, -0.25) is 0 Å². The Morgan fingerprint density at radius 2 is 1.80 bits per heavy atom. The zero-order chi connectivity index (χ0) is 11.1. The van der Waals surface area contributed by atoms with Crippen molar-refractivity contribution in [3.8, 4) is 0 Å². The molecule has 0 bridgehead atoms. The lowest BCUT2D eigenvalue weighted by Gasteiger charge is -2.11. The molecule has 1 nitrogen and oxygen atoms in total. The fraction of sp³-hybridized carbons (Fsp3) is 0.571. The molecule has 0 unspecified atom stereocenters. The Bertz CT molecular complexity index is 278. The molecule has 15 heavy (non-hydrogen) atoms. The molecule has 0 amide bonds. The van der Waals surface area contributed by atoms with Gasteiger partial charge in [0.1, 0.15) is 0 Å². The van der Waals surface area contributed by atoms with Gasteiger partial charge in [-0.25, -0.2) is 0 Å². The van der Waals surface area contributed by atoms with E-state index >= 15 is 0 Å². The molecule has 1 aromatic rings. The van der Waals surface area contributed by atoms with Crippen molar-refractivity contribution in [2.45, 2.75) is 40.2 Å². The first-order valence-corrected chi connectivity index (χ1v) is 6.01. The molecule has 0 atom stereocenters. The summed E-state index contributed by atoms with van der Waals surface area (Å²) in [6, 6.07) is 8.76. The smallest absolute Gasteiger partial charge is 0.0208 e. The molecule has 0 radical (unpaired) electrons. The third-order valence-electron chi connectivity index (χ3n) is 2.49. The second-order valence-corrected chi connectivity index (χ2v) is 4.54. The second kappa shape index (κ2) is 6.62. The van der Waals surface area contributed by atoms with Gasteiger partial charge < -0.3 is 5.32 Å². The van der Waals surface area contributed by atoms with E-state index in [1.54, 1.807) is 0 Å². The maximum atomic E-state index is 3.46. The highest BCUT2D eigenvalue weighted by Gasteiger charge is 2.03. The topological polar surface area (TPSA) is 12.0 Å². The van der Waals surface area contributed by atoms with Gasteiger partial charge in [-0.1, -0.05) is 45.0 Å². The Morgan fingerprint density at radius 1 is 1.13 bits per heavy atom. The van der Waals surface area contributed by atoms with E-state index in [4.69, 9.17) is 0 Å². The number of hydrogen-bond acceptors (Lipinski definition) is 1. The zero-order valence-corrected chi connectivity index (χ0v) is 10.2. The summed E-state index contributed by atoms with van der Waals surface area (Å²) in [5.41, 5.74) is 2.95. The van der Waals surface area contributed by atoms with Crippen LogP contribution >= 0.6 is 0 Å². The lowest BCUT2D eigenvalue weighted by Crippen LogP contribution is -2.15. The van der Waals surface area contributed by atoms with Crippen LogP contribution in [0.15, 0.2) is 24.3 Å². The predicted octanol–water partition coefficient (Wildman–Crippen LogP) is 3.38. The number of hydrogen-bond donors (Lipinski definition) is 1. The van der Waals surface area contributed by atoms with E-state index in [9.17, 15) is 0 Å². The summed E-state index contributed by atoms with van der Waals surface area (Å²) in [6.45, 7) is 8.87. The van der Waals surface area contributed by atoms with Gasteiger partial charge in [0.25, 0.3) is 0 Å². The Balaban J connectivity index is 2.60. The van der Waals surface area contributed by atoms with Crippen LogP contribution in [0, 0.1) is 5.92 Å². The van der Waals surface area contributed by atoms with Crippen LogP contribution in [0.2, 0.25) is 0 Å². The fourth-order valence-electron chi connectivity index (χ4n) is 1.77. The van der Waals surface area contributed by atoms with Gasteiger partial charge in [-0.05, 0) is 36.4 Å². The molecule has 0 aliphatic rings. The van der Waals surface area contributed by atoms with Crippen LogP contribution in [-0.2, 0) is 13.0 Å². The number of rotatable bonds is 6. The Labute approximate surface area is 93.9 Å².